The molecule has 2 heterocycles. The van der Waals surface area contributed by atoms with Crippen LogP contribution in [0.5, 0.6) is 0 Å². The van der Waals surface area contributed by atoms with Gasteiger partial charge in [-0.3, -0.25) is 9.59 Å². The maximum atomic E-state index is 12.7. The van der Waals surface area contributed by atoms with E-state index in [-0.39, 0.29) is 42.5 Å². The summed E-state index contributed by atoms with van der Waals surface area (Å²) in [6, 6.07) is 9.18. The van der Waals surface area contributed by atoms with Crippen molar-refractivity contribution in [2.45, 2.75) is 11.4 Å². The van der Waals surface area contributed by atoms with Gasteiger partial charge < -0.3 is 15.1 Å². The molecule has 25 heavy (non-hydrogen) atoms. The summed E-state index contributed by atoms with van der Waals surface area (Å²) in [7, 11) is -3.84. The standard InChI is InChI=1S/C16H17N3O5S/c20-15-11-19(7-6-17-15)25(22,23)14-5-1-3-12(9-14)16(21)18-10-13-4-2-8-24-13/h1-5,8-9H,6-7,10-11H2,(H,17,20)(H,18,21). The topological polar surface area (TPSA) is 109 Å². The summed E-state index contributed by atoms with van der Waals surface area (Å²) in [5.74, 6) is -0.163. The molecule has 0 spiro atoms. The number of furan rings is 1. The highest BCUT2D eigenvalue weighted by molar-refractivity contribution is 7.89. The summed E-state index contributed by atoms with van der Waals surface area (Å²) in [5, 5.41) is 5.24. The van der Waals surface area contributed by atoms with Crippen molar-refractivity contribution in [1.29, 1.82) is 0 Å². The van der Waals surface area contributed by atoms with Gasteiger partial charge in [-0.05, 0) is 30.3 Å². The van der Waals surface area contributed by atoms with E-state index in [1.54, 1.807) is 12.1 Å². The summed E-state index contributed by atoms with van der Waals surface area (Å²) in [4.78, 5) is 23.6. The van der Waals surface area contributed by atoms with E-state index in [0.717, 1.165) is 4.31 Å². The van der Waals surface area contributed by atoms with E-state index in [0.29, 0.717) is 5.76 Å². The molecule has 0 unspecified atom stereocenters. The van der Waals surface area contributed by atoms with Gasteiger partial charge in [0.15, 0.2) is 0 Å². The van der Waals surface area contributed by atoms with Gasteiger partial charge in [-0.25, -0.2) is 8.42 Å². The van der Waals surface area contributed by atoms with Gasteiger partial charge in [-0.2, -0.15) is 4.31 Å². The molecule has 132 valence electrons. The fraction of sp³-hybridized carbons (Fsp3) is 0.250. The molecular weight excluding hydrogens is 346 g/mol. The molecular formula is C16H17N3O5S. The van der Waals surface area contributed by atoms with Crippen molar-refractivity contribution in [3.63, 3.8) is 0 Å². The third kappa shape index (κ3) is 3.89. The molecule has 0 radical (unpaired) electrons. The number of benzene rings is 1. The lowest BCUT2D eigenvalue weighted by atomic mass is 10.2. The number of rotatable bonds is 5. The molecule has 9 heteroatoms. The highest BCUT2D eigenvalue weighted by Gasteiger charge is 2.29. The maximum absolute atomic E-state index is 12.7. The zero-order valence-electron chi connectivity index (χ0n) is 13.3. The summed E-state index contributed by atoms with van der Waals surface area (Å²) >= 11 is 0. The number of carbonyl (C=O) groups excluding carboxylic acids is 2. The van der Waals surface area contributed by atoms with Crippen molar-refractivity contribution in [2.24, 2.45) is 0 Å². The van der Waals surface area contributed by atoms with Crippen LogP contribution in [0.4, 0.5) is 0 Å². The molecule has 1 fully saturated rings. The van der Waals surface area contributed by atoms with E-state index in [2.05, 4.69) is 10.6 Å². The average Bonchev–Trinajstić information content (AvgIpc) is 3.13. The zero-order valence-corrected chi connectivity index (χ0v) is 14.1. The molecule has 1 aliphatic rings. The van der Waals surface area contributed by atoms with Crippen LogP contribution >= 0.6 is 0 Å². The van der Waals surface area contributed by atoms with Crippen LogP contribution in [0.2, 0.25) is 0 Å². The first-order chi connectivity index (χ1) is 12.0. The Bertz CT molecular complexity index is 877. The highest BCUT2D eigenvalue weighted by atomic mass is 32.2. The van der Waals surface area contributed by atoms with Gasteiger partial charge in [0.1, 0.15) is 5.76 Å². The monoisotopic (exact) mass is 363 g/mol. The van der Waals surface area contributed by atoms with Gasteiger partial charge >= 0.3 is 0 Å². The van der Waals surface area contributed by atoms with Crippen molar-refractivity contribution >= 4 is 21.8 Å². The highest BCUT2D eigenvalue weighted by Crippen LogP contribution is 2.18. The summed E-state index contributed by atoms with van der Waals surface area (Å²) in [6.07, 6.45) is 1.50. The Labute approximate surface area is 144 Å². The third-order valence-electron chi connectivity index (χ3n) is 3.74. The van der Waals surface area contributed by atoms with Gasteiger partial charge in [-0.1, -0.05) is 6.07 Å². The second-order valence-corrected chi connectivity index (χ2v) is 7.42. The lowest BCUT2D eigenvalue weighted by molar-refractivity contribution is -0.122. The van der Waals surface area contributed by atoms with Crippen molar-refractivity contribution < 1.29 is 22.4 Å². The molecule has 0 atom stereocenters. The molecule has 2 N–H and O–H groups in total. The van der Waals surface area contributed by atoms with Crippen LogP contribution in [0.3, 0.4) is 0 Å². The van der Waals surface area contributed by atoms with E-state index in [1.807, 2.05) is 0 Å². The van der Waals surface area contributed by atoms with Crippen LogP contribution < -0.4 is 10.6 Å². The Morgan fingerprint density at radius 2 is 2.12 bits per heavy atom. The van der Waals surface area contributed by atoms with Crippen LogP contribution in [0, 0.1) is 0 Å². The molecule has 1 aromatic carbocycles. The number of nitrogens with one attached hydrogen (secondary N) is 2. The predicted octanol–water partition coefficient (Wildman–Crippen LogP) is 0.330. The Kier molecular flexibility index (Phi) is 4.86. The van der Waals surface area contributed by atoms with Crippen LogP contribution in [0.25, 0.3) is 0 Å². The Balaban J connectivity index is 1.76. The normalized spacial score (nSPS) is 15.6. The minimum Gasteiger partial charge on any atom is -0.467 e. The lowest BCUT2D eigenvalue weighted by Crippen LogP contribution is -2.49. The zero-order chi connectivity index (χ0) is 17.9. The summed E-state index contributed by atoms with van der Waals surface area (Å²) in [5.41, 5.74) is 0.217. The molecule has 1 saturated heterocycles. The Hall–Kier alpha value is -2.65. The molecule has 0 bridgehead atoms. The summed E-state index contributed by atoms with van der Waals surface area (Å²) in [6.45, 7) is 0.441. The van der Waals surface area contributed by atoms with E-state index < -0.39 is 15.9 Å². The number of sulfonamides is 1. The van der Waals surface area contributed by atoms with Crippen molar-refractivity contribution in [3.05, 3.63) is 54.0 Å². The van der Waals surface area contributed by atoms with Gasteiger partial charge in [0.2, 0.25) is 15.9 Å². The number of carbonyl (C=O) groups is 2. The summed E-state index contributed by atoms with van der Waals surface area (Å²) < 4.78 is 31.5. The molecule has 0 saturated carbocycles. The van der Waals surface area contributed by atoms with E-state index in [1.165, 1.54) is 30.5 Å². The second kappa shape index (κ2) is 7.08. The molecule has 1 aromatic heterocycles. The van der Waals surface area contributed by atoms with Crippen LogP contribution in [0.15, 0.2) is 52.0 Å². The first-order valence-corrected chi connectivity index (χ1v) is 9.08. The number of hydrogen-bond acceptors (Lipinski definition) is 5. The molecule has 2 aromatic rings. The Morgan fingerprint density at radius 3 is 2.84 bits per heavy atom. The first kappa shape index (κ1) is 17.2. The van der Waals surface area contributed by atoms with Crippen LogP contribution in [0.1, 0.15) is 16.1 Å². The van der Waals surface area contributed by atoms with Crippen LogP contribution in [-0.4, -0.2) is 44.2 Å². The van der Waals surface area contributed by atoms with Crippen molar-refractivity contribution in [1.82, 2.24) is 14.9 Å². The second-order valence-electron chi connectivity index (χ2n) is 5.48. The minimum atomic E-state index is -3.84. The molecule has 8 nitrogen and oxygen atoms in total. The van der Waals surface area contributed by atoms with Crippen molar-refractivity contribution in [3.8, 4) is 0 Å². The maximum Gasteiger partial charge on any atom is 0.251 e. The van der Waals surface area contributed by atoms with Gasteiger partial charge in [-0.15, -0.1) is 0 Å². The lowest BCUT2D eigenvalue weighted by Gasteiger charge is -2.26. The Morgan fingerprint density at radius 1 is 1.28 bits per heavy atom. The smallest absolute Gasteiger partial charge is 0.251 e. The molecule has 3 rings (SSSR count). The van der Waals surface area contributed by atoms with Crippen LogP contribution in [-0.2, 0) is 21.4 Å². The SMILES string of the molecule is O=C1CN(S(=O)(=O)c2cccc(C(=O)NCc3ccco3)c2)CCN1. The van der Waals surface area contributed by atoms with Gasteiger partial charge in [0.05, 0.1) is 24.2 Å². The van der Waals surface area contributed by atoms with E-state index >= 15 is 0 Å². The number of amides is 2. The van der Waals surface area contributed by atoms with E-state index in [4.69, 9.17) is 4.42 Å². The minimum absolute atomic E-state index is 0.0205. The molecule has 1 aliphatic heterocycles. The molecule has 0 aliphatic carbocycles. The largest absolute Gasteiger partial charge is 0.467 e. The quantitative estimate of drug-likeness (QED) is 0.796. The predicted molar refractivity (Wildman–Crippen MR) is 88.1 cm³/mol. The fourth-order valence-electron chi connectivity index (χ4n) is 2.45. The molecule has 2 amide bonds. The van der Waals surface area contributed by atoms with Gasteiger partial charge in [0, 0.05) is 18.7 Å². The van der Waals surface area contributed by atoms with Crippen molar-refractivity contribution in [2.75, 3.05) is 19.6 Å². The average molecular weight is 363 g/mol. The van der Waals surface area contributed by atoms with Gasteiger partial charge in [0.25, 0.3) is 5.91 Å². The first-order valence-electron chi connectivity index (χ1n) is 7.64. The van der Waals surface area contributed by atoms with E-state index in [9.17, 15) is 18.0 Å². The number of nitrogens with zero attached hydrogens (tertiary/aromatic N) is 1. The third-order valence-corrected chi connectivity index (χ3v) is 5.58. The number of piperazine rings is 1. The number of hydrogen-bond donors (Lipinski definition) is 2. The fourth-order valence-corrected chi connectivity index (χ4v) is 3.89.